The van der Waals surface area contributed by atoms with Gasteiger partial charge in [-0.05, 0) is 18.6 Å². The molecule has 0 radical (unpaired) electrons. The topological polar surface area (TPSA) is 37.4 Å². The van der Waals surface area contributed by atoms with Gasteiger partial charge in [-0.1, -0.05) is 41.9 Å². The average molecular weight is 334 g/mol. The highest BCUT2D eigenvalue weighted by atomic mass is 79.9. The van der Waals surface area contributed by atoms with Crippen LogP contribution in [0.5, 0.6) is 0 Å². The van der Waals surface area contributed by atoms with Crippen LogP contribution in [-0.2, 0) is 9.84 Å². The molecule has 0 saturated heterocycles. The second-order valence-corrected chi connectivity index (χ2v) is 8.09. The summed E-state index contributed by atoms with van der Waals surface area (Å²) in [6, 6.07) is 7.20. The molecule has 0 amide bonds. The minimum atomic E-state index is -3.18. The van der Waals surface area contributed by atoms with E-state index in [0.29, 0.717) is 16.1 Å². The van der Waals surface area contributed by atoms with Crippen LogP contribution in [0.3, 0.4) is 0 Å². The molecule has 1 aromatic carbocycles. The summed E-state index contributed by atoms with van der Waals surface area (Å²) in [4.78, 5) is 2.72. The van der Waals surface area contributed by atoms with E-state index in [4.69, 9.17) is 0 Å². The Kier molecular flexibility index (Phi) is 5.66. The first-order chi connectivity index (χ1) is 8.38. The van der Waals surface area contributed by atoms with E-state index in [-0.39, 0.29) is 5.75 Å². The fourth-order valence-corrected chi connectivity index (χ4v) is 3.91. The molecule has 5 heteroatoms. The van der Waals surface area contributed by atoms with Crippen molar-refractivity contribution >= 4 is 31.5 Å². The lowest BCUT2D eigenvalue weighted by atomic mass is 10.3. The van der Waals surface area contributed by atoms with Gasteiger partial charge in [0, 0.05) is 18.4 Å². The molecule has 0 saturated carbocycles. The van der Waals surface area contributed by atoms with Crippen LogP contribution >= 0.6 is 15.9 Å². The van der Waals surface area contributed by atoms with E-state index in [9.17, 15) is 8.42 Å². The van der Waals surface area contributed by atoms with Gasteiger partial charge in [-0.15, -0.1) is 0 Å². The van der Waals surface area contributed by atoms with Crippen molar-refractivity contribution < 1.29 is 8.42 Å². The number of para-hydroxylation sites is 1. The predicted molar refractivity (Wildman–Crippen MR) is 80.4 cm³/mol. The third-order valence-electron chi connectivity index (χ3n) is 2.61. The number of anilines is 1. The lowest BCUT2D eigenvalue weighted by Gasteiger charge is -2.23. The van der Waals surface area contributed by atoms with Crippen LogP contribution in [0.2, 0.25) is 0 Å². The van der Waals surface area contributed by atoms with Gasteiger partial charge in [-0.2, -0.15) is 0 Å². The number of sulfone groups is 1. The third-order valence-corrected chi connectivity index (χ3v) is 4.86. The first-order valence-electron chi connectivity index (χ1n) is 6.05. The van der Waals surface area contributed by atoms with Crippen LogP contribution in [0, 0.1) is 0 Å². The van der Waals surface area contributed by atoms with Crippen LogP contribution in [0.4, 0.5) is 5.69 Å². The van der Waals surface area contributed by atoms with Crippen molar-refractivity contribution in [2.45, 2.75) is 30.0 Å². The Balaban J connectivity index is 3.14. The van der Waals surface area contributed by atoms with Crippen LogP contribution in [0.1, 0.15) is 20.3 Å². The first-order valence-corrected chi connectivity index (χ1v) is 8.62. The van der Waals surface area contributed by atoms with Gasteiger partial charge >= 0.3 is 0 Å². The average Bonchev–Trinajstić information content (AvgIpc) is 2.28. The fraction of sp³-hybridized carbons (Fsp3) is 0.538. The van der Waals surface area contributed by atoms with E-state index < -0.39 is 9.84 Å². The maximum atomic E-state index is 12.2. The van der Waals surface area contributed by atoms with E-state index >= 15 is 0 Å². The minimum absolute atomic E-state index is 0.196. The molecule has 0 heterocycles. The summed E-state index contributed by atoms with van der Waals surface area (Å²) in [6.45, 7) is 4.68. The number of halogens is 1. The first kappa shape index (κ1) is 15.5. The molecule has 0 aliphatic heterocycles. The van der Waals surface area contributed by atoms with Crippen molar-refractivity contribution in [3.8, 4) is 0 Å². The number of alkyl halides is 1. The van der Waals surface area contributed by atoms with Crippen molar-refractivity contribution in [3.05, 3.63) is 24.3 Å². The summed E-state index contributed by atoms with van der Waals surface area (Å²) in [7, 11) is -1.26. The molecule has 0 aromatic heterocycles. The molecule has 3 nitrogen and oxygen atoms in total. The van der Waals surface area contributed by atoms with Gasteiger partial charge < -0.3 is 4.90 Å². The Morgan fingerprint density at radius 1 is 1.33 bits per heavy atom. The highest BCUT2D eigenvalue weighted by Crippen LogP contribution is 2.26. The van der Waals surface area contributed by atoms with Crippen LogP contribution in [-0.4, -0.2) is 32.6 Å². The summed E-state index contributed by atoms with van der Waals surface area (Å²) < 4.78 is 24.4. The van der Waals surface area contributed by atoms with Crippen molar-refractivity contribution in [1.29, 1.82) is 0 Å². The lowest BCUT2D eigenvalue weighted by Crippen LogP contribution is -2.25. The zero-order valence-corrected chi connectivity index (χ0v) is 13.5. The summed E-state index contributed by atoms with van der Waals surface area (Å²) in [5, 5.41) is 0. The molecular weight excluding hydrogens is 314 g/mol. The van der Waals surface area contributed by atoms with Crippen LogP contribution < -0.4 is 4.90 Å². The highest BCUT2D eigenvalue weighted by molar-refractivity contribution is 9.09. The zero-order chi connectivity index (χ0) is 13.8. The SMILES string of the molecule is CCCS(=O)(=O)c1ccccc1N(C)CC(C)Br. The number of hydrogen-bond acceptors (Lipinski definition) is 3. The normalized spacial score (nSPS) is 13.3. The van der Waals surface area contributed by atoms with Gasteiger partial charge in [0.1, 0.15) is 0 Å². The summed E-state index contributed by atoms with van der Waals surface area (Å²) in [5.74, 6) is 0.196. The van der Waals surface area contributed by atoms with E-state index in [1.165, 1.54) is 0 Å². The Morgan fingerprint density at radius 3 is 2.50 bits per heavy atom. The van der Waals surface area contributed by atoms with E-state index in [1.807, 2.05) is 37.9 Å². The molecule has 18 heavy (non-hydrogen) atoms. The molecule has 1 unspecified atom stereocenters. The number of rotatable bonds is 6. The zero-order valence-electron chi connectivity index (χ0n) is 11.1. The standard InChI is InChI=1S/C13H20BrNO2S/c1-4-9-18(16,17)13-8-6-5-7-12(13)15(3)10-11(2)14/h5-8,11H,4,9-10H2,1-3H3. The van der Waals surface area contributed by atoms with Gasteiger partial charge in [-0.3, -0.25) is 0 Å². The molecule has 0 aliphatic rings. The maximum Gasteiger partial charge on any atom is 0.180 e. The number of hydrogen-bond donors (Lipinski definition) is 0. The molecule has 1 atom stereocenters. The Morgan fingerprint density at radius 2 is 1.94 bits per heavy atom. The van der Waals surface area contributed by atoms with E-state index in [0.717, 1.165) is 12.2 Å². The van der Waals surface area contributed by atoms with E-state index in [2.05, 4.69) is 15.9 Å². The largest absolute Gasteiger partial charge is 0.372 e. The van der Waals surface area contributed by atoms with Crippen molar-refractivity contribution in [1.82, 2.24) is 0 Å². The molecule has 1 aromatic rings. The van der Waals surface area contributed by atoms with Crippen molar-refractivity contribution in [2.24, 2.45) is 0 Å². The minimum Gasteiger partial charge on any atom is -0.372 e. The van der Waals surface area contributed by atoms with E-state index in [1.54, 1.807) is 12.1 Å². The van der Waals surface area contributed by atoms with Crippen LogP contribution in [0.25, 0.3) is 0 Å². The predicted octanol–water partition coefficient (Wildman–Crippen LogP) is 3.09. The van der Waals surface area contributed by atoms with Crippen molar-refractivity contribution in [3.63, 3.8) is 0 Å². The van der Waals surface area contributed by atoms with Gasteiger partial charge in [0.15, 0.2) is 9.84 Å². The Labute approximate surface area is 118 Å². The maximum absolute atomic E-state index is 12.2. The molecule has 0 aliphatic carbocycles. The molecule has 102 valence electrons. The smallest absolute Gasteiger partial charge is 0.180 e. The molecule has 0 fully saturated rings. The second kappa shape index (κ2) is 6.57. The summed E-state index contributed by atoms with van der Waals surface area (Å²) >= 11 is 3.49. The molecule has 0 N–H and O–H groups in total. The quantitative estimate of drug-likeness (QED) is 0.750. The summed E-state index contributed by atoms with van der Waals surface area (Å²) in [5.41, 5.74) is 0.775. The van der Waals surface area contributed by atoms with Gasteiger partial charge in [-0.25, -0.2) is 8.42 Å². The summed E-state index contributed by atoms with van der Waals surface area (Å²) in [6.07, 6.45) is 0.634. The number of benzene rings is 1. The third kappa shape index (κ3) is 3.99. The number of nitrogens with zero attached hydrogens (tertiary/aromatic N) is 1. The lowest BCUT2D eigenvalue weighted by molar-refractivity contribution is 0.594. The van der Waals surface area contributed by atoms with Crippen LogP contribution in [0.15, 0.2) is 29.2 Å². The monoisotopic (exact) mass is 333 g/mol. The second-order valence-electron chi connectivity index (χ2n) is 4.45. The molecule has 0 spiro atoms. The molecule has 1 rings (SSSR count). The molecule has 0 bridgehead atoms. The Hall–Kier alpha value is -0.550. The van der Waals surface area contributed by atoms with Gasteiger partial charge in [0.05, 0.1) is 16.3 Å². The van der Waals surface area contributed by atoms with Gasteiger partial charge in [0.2, 0.25) is 0 Å². The van der Waals surface area contributed by atoms with Crippen molar-refractivity contribution in [2.75, 3.05) is 24.2 Å². The fourth-order valence-electron chi connectivity index (χ4n) is 1.89. The van der Waals surface area contributed by atoms with Gasteiger partial charge in [0.25, 0.3) is 0 Å². The highest BCUT2D eigenvalue weighted by Gasteiger charge is 2.19. The molecular formula is C13H20BrNO2S. The Bertz CT molecular complexity index is 486.